The minimum atomic E-state index is -0.824. The average Bonchev–Trinajstić information content (AvgIpc) is 2.20. The molecule has 3 heteroatoms. The highest BCUT2D eigenvalue weighted by molar-refractivity contribution is 5.75. The second kappa shape index (κ2) is 4.88. The van der Waals surface area contributed by atoms with Crippen molar-refractivity contribution in [2.75, 3.05) is 14.1 Å². The van der Waals surface area contributed by atoms with Crippen LogP contribution in [0.5, 0.6) is 0 Å². The molecule has 0 spiro atoms. The number of carbonyl (C=O) groups is 1. The van der Waals surface area contributed by atoms with Crippen molar-refractivity contribution in [3.63, 3.8) is 0 Å². The molecule has 1 aromatic carbocycles. The Balaban J connectivity index is 3.29. The minimum absolute atomic E-state index is 0.138. The van der Waals surface area contributed by atoms with Gasteiger partial charge >= 0.3 is 5.97 Å². The van der Waals surface area contributed by atoms with Crippen molar-refractivity contribution in [2.45, 2.75) is 26.8 Å². The lowest BCUT2D eigenvalue weighted by atomic mass is 9.78. The molecule has 17 heavy (non-hydrogen) atoms. The van der Waals surface area contributed by atoms with Gasteiger partial charge in [0.2, 0.25) is 0 Å². The number of hydrogen-bond acceptors (Lipinski definition) is 2. The van der Waals surface area contributed by atoms with E-state index in [1.165, 1.54) is 0 Å². The first kappa shape index (κ1) is 13.7. The van der Waals surface area contributed by atoms with Crippen molar-refractivity contribution in [1.82, 2.24) is 4.90 Å². The number of carboxylic acid groups (broad SMARTS) is 1. The van der Waals surface area contributed by atoms with Gasteiger partial charge in [0, 0.05) is 0 Å². The molecule has 0 radical (unpaired) electrons. The summed E-state index contributed by atoms with van der Waals surface area (Å²) in [6.07, 6.45) is 0. The quantitative estimate of drug-likeness (QED) is 0.872. The van der Waals surface area contributed by atoms with Crippen LogP contribution in [-0.2, 0) is 4.79 Å². The van der Waals surface area contributed by atoms with Gasteiger partial charge < -0.3 is 10.0 Å². The Bertz CT molecular complexity index is 410. The highest BCUT2D eigenvalue weighted by atomic mass is 16.4. The van der Waals surface area contributed by atoms with E-state index >= 15 is 0 Å². The number of carboxylic acids is 1. The van der Waals surface area contributed by atoms with Gasteiger partial charge in [0.15, 0.2) is 0 Å². The first-order valence-corrected chi connectivity index (χ1v) is 5.74. The summed E-state index contributed by atoms with van der Waals surface area (Å²) < 4.78 is 0. The molecule has 1 N–H and O–H groups in total. The predicted molar refractivity (Wildman–Crippen MR) is 69.0 cm³/mol. The van der Waals surface area contributed by atoms with E-state index < -0.39 is 11.4 Å². The highest BCUT2D eigenvalue weighted by Crippen LogP contribution is 2.38. The van der Waals surface area contributed by atoms with Crippen molar-refractivity contribution < 1.29 is 9.90 Å². The van der Waals surface area contributed by atoms with E-state index in [1.807, 2.05) is 50.2 Å². The first-order chi connectivity index (χ1) is 7.78. The van der Waals surface area contributed by atoms with Crippen molar-refractivity contribution in [3.8, 4) is 0 Å². The van der Waals surface area contributed by atoms with Gasteiger partial charge in [-0.2, -0.15) is 0 Å². The standard InChI is InChI=1S/C14H21NO2/c1-10-8-6-7-9-11(10)12(15(4)5)14(2,3)13(16)17/h6-9,12H,1-5H3,(H,16,17). The van der Waals surface area contributed by atoms with Gasteiger partial charge in [0.05, 0.1) is 11.5 Å². The predicted octanol–water partition coefficient (Wildman–Crippen LogP) is 2.71. The maximum atomic E-state index is 11.4. The lowest BCUT2D eigenvalue weighted by Crippen LogP contribution is -2.39. The molecular formula is C14H21NO2. The number of aryl methyl sites for hydroxylation is 1. The van der Waals surface area contributed by atoms with Crippen molar-refractivity contribution >= 4 is 5.97 Å². The Morgan fingerprint density at radius 2 is 1.82 bits per heavy atom. The molecule has 0 aliphatic rings. The van der Waals surface area contributed by atoms with Crippen molar-refractivity contribution in [1.29, 1.82) is 0 Å². The molecule has 0 amide bonds. The molecule has 1 rings (SSSR count). The summed E-state index contributed by atoms with van der Waals surface area (Å²) in [6.45, 7) is 5.56. The normalized spacial score (nSPS) is 13.8. The molecule has 3 nitrogen and oxygen atoms in total. The van der Waals surface area contributed by atoms with Gasteiger partial charge in [0.25, 0.3) is 0 Å². The molecule has 0 fully saturated rings. The SMILES string of the molecule is Cc1ccccc1C(N(C)C)C(C)(C)C(=O)O. The molecule has 94 valence electrons. The van der Waals surface area contributed by atoms with Gasteiger partial charge in [0.1, 0.15) is 0 Å². The number of hydrogen-bond donors (Lipinski definition) is 1. The third-order valence-corrected chi connectivity index (χ3v) is 3.23. The van der Waals surface area contributed by atoms with Gasteiger partial charge in [-0.3, -0.25) is 4.79 Å². The summed E-state index contributed by atoms with van der Waals surface area (Å²) in [5.41, 5.74) is 1.38. The third kappa shape index (κ3) is 2.67. The van der Waals surface area contributed by atoms with E-state index in [0.717, 1.165) is 11.1 Å². The van der Waals surface area contributed by atoms with Crippen LogP contribution in [0.25, 0.3) is 0 Å². The zero-order valence-electron chi connectivity index (χ0n) is 11.2. The van der Waals surface area contributed by atoms with Crippen LogP contribution in [0.2, 0.25) is 0 Å². The summed E-state index contributed by atoms with van der Waals surface area (Å²) in [5, 5.41) is 9.39. The number of rotatable bonds is 4. The maximum Gasteiger partial charge on any atom is 0.311 e. The topological polar surface area (TPSA) is 40.5 Å². The number of aliphatic carboxylic acids is 1. The summed E-state index contributed by atoms with van der Waals surface area (Å²) in [5.74, 6) is -0.778. The summed E-state index contributed by atoms with van der Waals surface area (Å²) in [6, 6.07) is 7.81. The molecular weight excluding hydrogens is 214 g/mol. The Morgan fingerprint density at radius 3 is 2.24 bits per heavy atom. The minimum Gasteiger partial charge on any atom is -0.481 e. The van der Waals surface area contributed by atoms with E-state index in [1.54, 1.807) is 13.8 Å². The fourth-order valence-electron chi connectivity index (χ4n) is 2.32. The molecule has 0 aliphatic heterocycles. The second-order valence-corrected chi connectivity index (χ2v) is 5.25. The molecule has 1 atom stereocenters. The molecule has 0 heterocycles. The van der Waals surface area contributed by atoms with Crippen LogP contribution in [0.3, 0.4) is 0 Å². The average molecular weight is 235 g/mol. The Morgan fingerprint density at radius 1 is 1.29 bits per heavy atom. The summed E-state index contributed by atoms with van der Waals surface area (Å²) >= 11 is 0. The number of nitrogens with zero attached hydrogens (tertiary/aromatic N) is 1. The Labute approximate surface area is 103 Å². The summed E-state index contributed by atoms with van der Waals surface area (Å²) in [7, 11) is 3.84. The van der Waals surface area contributed by atoms with E-state index in [2.05, 4.69) is 0 Å². The van der Waals surface area contributed by atoms with Gasteiger partial charge in [-0.15, -0.1) is 0 Å². The molecule has 0 saturated heterocycles. The van der Waals surface area contributed by atoms with E-state index in [9.17, 15) is 9.90 Å². The van der Waals surface area contributed by atoms with E-state index in [0.29, 0.717) is 0 Å². The monoisotopic (exact) mass is 235 g/mol. The molecule has 1 aromatic rings. The molecule has 1 unspecified atom stereocenters. The smallest absolute Gasteiger partial charge is 0.311 e. The molecule has 0 aliphatic carbocycles. The van der Waals surface area contributed by atoms with Crippen molar-refractivity contribution in [2.24, 2.45) is 5.41 Å². The lowest BCUT2D eigenvalue weighted by molar-refractivity contribution is -0.150. The van der Waals surface area contributed by atoms with Crippen LogP contribution in [0, 0.1) is 12.3 Å². The molecule has 0 saturated carbocycles. The maximum absolute atomic E-state index is 11.4. The fraction of sp³-hybridized carbons (Fsp3) is 0.500. The number of benzene rings is 1. The van der Waals surface area contributed by atoms with Crippen LogP contribution in [0.15, 0.2) is 24.3 Å². The highest BCUT2D eigenvalue weighted by Gasteiger charge is 2.39. The van der Waals surface area contributed by atoms with E-state index in [-0.39, 0.29) is 6.04 Å². The Hall–Kier alpha value is -1.35. The van der Waals surface area contributed by atoms with Crippen LogP contribution in [-0.4, -0.2) is 30.1 Å². The van der Waals surface area contributed by atoms with Gasteiger partial charge in [-0.25, -0.2) is 0 Å². The van der Waals surface area contributed by atoms with Crippen LogP contribution < -0.4 is 0 Å². The van der Waals surface area contributed by atoms with Crippen molar-refractivity contribution in [3.05, 3.63) is 35.4 Å². The third-order valence-electron chi connectivity index (χ3n) is 3.23. The zero-order chi connectivity index (χ0) is 13.2. The van der Waals surface area contributed by atoms with E-state index in [4.69, 9.17) is 0 Å². The zero-order valence-corrected chi connectivity index (χ0v) is 11.2. The molecule has 0 aromatic heterocycles. The fourth-order valence-corrected chi connectivity index (χ4v) is 2.32. The van der Waals surface area contributed by atoms with Gasteiger partial charge in [-0.05, 0) is 46.0 Å². The van der Waals surface area contributed by atoms with Gasteiger partial charge in [-0.1, -0.05) is 24.3 Å². The molecule has 0 bridgehead atoms. The van der Waals surface area contributed by atoms with Crippen LogP contribution in [0.4, 0.5) is 0 Å². The second-order valence-electron chi connectivity index (χ2n) is 5.25. The largest absolute Gasteiger partial charge is 0.481 e. The van der Waals surface area contributed by atoms with Crippen LogP contribution in [0.1, 0.15) is 31.0 Å². The lowest BCUT2D eigenvalue weighted by Gasteiger charge is -2.36. The van der Waals surface area contributed by atoms with Crippen LogP contribution >= 0.6 is 0 Å². The Kier molecular flexibility index (Phi) is 3.94. The summed E-state index contributed by atoms with van der Waals surface area (Å²) in [4.78, 5) is 13.4. The first-order valence-electron chi connectivity index (χ1n) is 5.74.